The molecule has 0 saturated carbocycles. The summed E-state index contributed by atoms with van der Waals surface area (Å²) < 4.78 is 0. The highest BCUT2D eigenvalue weighted by Crippen LogP contribution is 2.20. The SMILES string of the molecule is CC(C)(C)C(O)CN1CCN(C(=O)c2ccc3[nH]c(=O)[nH]c3c2)CC1. The smallest absolute Gasteiger partial charge is 0.323 e. The number of carbonyl (C=O) groups excluding carboxylic acids is 1. The number of β-amino-alcohol motifs (C(OH)–C–C–N with tert-alkyl or cyclic N) is 1. The molecule has 2 heterocycles. The number of benzene rings is 1. The molecule has 0 bridgehead atoms. The number of carbonyl (C=O) groups is 1. The molecule has 136 valence electrons. The lowest BCUT2D eigenvalue weighted by Gasteiger charge is -2.38. The second kappa shape index (κ2) is 6.65. The molecule has 0 aliphatic carbocycles. The fourth-order valence-electron chi connectivity index (χ4n) is 3.00. The van der Waals surface area contributed by atoms with Crippen LogP contribution in [0.5, 0.6) is 0 Å². The van der Waals surface area contributed by atoms with Crippen molar-refractivity contribution in [3.8, 4) is 0 Å². The van der Waals surface area contributed by atoms with Gasteiger partial charge in [-0.3, -0.25) is 9.69 Å². The number of amides is 1. The van der Waals surface area contributed by atoms with Crippen LogP contribution in [-0.2, 0) is 0 Å². The highest BCUT2D eigenvalue weighted by Gasteiger charge is 2.28. The largest absolute Gasteiger partial charge is 0.391 e. The van der Waals surface area contributed by atoms with Crippen LogP contribution in [0.2, 0.25) is 0 Å². The maximum Gasteiger partial charge on any atom is 0.323 e. The molecule has 1 aliphatic rings. The van der Waals surface area contributed by atoms with Gasteiger partial charge in [0, 0.05) is 38.3 Å². The number of hydrogen-bond donors (Lipinski definition) is 3. The van der Waals surface area contributed by atoms with E-state index in [9.17, 15) is 14.7 Å². The Bertz CT molecular complexity index is 810. The maximum absolute atomic E-state index is 12.7. The molecule has 1 fully saturated rings. The summed E-state index contributed by atoms with van der Waals surface area (Å²) in [6.45, 7) is 9.48. The highest BCUT2D eigenvalue weighted by atomic mass is 16.3. The van der Waals surface area contributed by atoms with E-state index in [1.165, 1.54) is 0 Å². The van der Waals surface area contributed by atoms with Gasteiger partial charge < -0.3 is 20.0 Å². The van der Waals surface area contributed by atoms with Crippen molar-refractivity contribution in [2.75, 3.05) is 32.7 Å². The number of aliphatic hydroxyl groups is 1. The molecule has 1 saturated heterocycles. The number of piperazine rings is 1. The van der Waals surface area contributed by atoms with Crippen molar-refractivity contribution < 1.29 is 9.90 Å². The van der Waals surface area contributed by atoms with E-state index in [0.29, 0.717) is 36.2 Å². The average Bonchev–Trinajstić information content (AvgIpc) is 2.93. The zero-order valence-corrected chi connectivity index (χ0v) is 15.0. The Balaban J connectivity index is 1.61. The Hall–Kier alpha value is -2.12. The molecule has 1 unspecified atom stereocenters. The average molecular weight is 346 g/mol. The lowest BCUT2D eigenvalue weighted by Crippen LogP contribution is -2.51. The van der Waals surface area contributed by atoms with Crippen molar-refractivity contribution in [2.45, 2.75) is 26.9 Å². The third-order valence-electron chi connectivity index (χ3n) is 4.85. The molecule has 2 aromatic rings. The van der Waals surface area contributed by atoms with E-state index in [2.05, 4.69) is 14.9 Å². The Morgan fingerprint density at radius 3 is 2.44 bits per heavy atom. The summed E-state index contributed by atoms with van der Waals surface area (Å²) in [5.41, 5.74) is 1.50. The molecule has 1 aliphatic heterocycles. The van der Waals surface area contributed by atoms with Crippen molar-refractivity contribution in [2.24, 2.45) is 5.41 Å². The van der Waals surface area contributed by atoms with Crippen molar-refractivity contribution >= 4 is 16.9 Å². The van der Waals surface area contributed by atoms with Crippen LogP contribution in [0, 0.1) is 5.41 Å². The summed E-state index contributed by atoms with van der Waals surface area (Å²) in [4.78, 5) is 33.4. The molecule has 1 amide bonds. The second-order valence-corrected chi connectivity index (χ2v) is 7.81. The number of aromatic nitrogens is 2. The molecule has 1 atom stereocenters. The lowest BCUT2D eigenvalue weighted by molar-refractivity contribution is 0.0137. The molecule has 1 aromatic carbocycles. The molecule has 25 heavy (non-hydrogen) atoms. The minimum atomic E-state index is -0.387. The van der Waals surface area contributed by atoms with Crippen LogP contribution in [0.15, 0.2) is 23.0 Å². The van der Waals surface area contributed by atoms with Crippen LogP contribution < -0.4 is 5.69 Å². The van der Waals surface area contributed by atoms with Crippen LogP contribution in [0.3, 0.4) is 0 Å². The summed E-state index contributed by atoms with van der Waals surface area (Å²) >= 11 is 0. The van der Waals surface area contributed by atoms with E-state index < -0.39 is 0 Å². The normalized spacial score (nSPS) is 17.8. The molecular weight excluding hydrogens is 320 g/mol. The number of H-pyrrole nitrogens is 2. The van der Waals surface area contributed by atoms with Crippen LogP contribution in [0.25, 0.3) is 11.0 Å². The first kappa shape index (κ1) is 17.7. The number of imidazole rings is 1. The van der Waals surface area contributed by atoms with Crippen LogP contribution in [0.4, 0.5) is 0 Å². The maximum atomic E-state index is 12.7. The van der Waals surface area contributed by atoms with Gasteiger partial charge in [-0.25, -0.2) is 4.79 Å². The van der Waals surface area contributed by atoms with Gasteiger partial charge in [-0.1, -0.05) is 20.8 Å². The van der Waals surface area contributed by atoms with Crippen LogP contribution in [-0.4, -0.2) is 69.6 Å². The van der Waals surface area contributed by atoms with Gasteiger partial charge in [0.25, 0.3) is 5.91 Å². The monoisotopic (exact) mass is 346 g/mol. The molecule has 3 N–H and O–H groups in total. The molecule has 1 aromatic heterocycles. The molecule has 0 radical (unpaired) electrons. The van der Waals surface area contributed by atoms with Gasteiger partial charge in [0.1, 0.15) is 0 Å². The number of aliphatic hydroxyl groups excluding tert-OH is 1. The van der Waals surface area contributed by atoms with Crippen molar-refractivity contribution in [3.63, 3.8) is 0 Å². The zero-order valence-electron chi connectivity index (χ0n) is 15.0. The van der Waals surface area contributed by atoms with Gasteiger partial charge in [0.2, 0.25) is 0 Å². The first-order chi connectivity index (χ1) is 11.7. The lowest BCUT2D eigenvalue weighted by atomic mass is 9.89. The predicted octanol–water partition coefficient (Wildman–Crippen LogP) is 1.02. The number of fused-ring (bicyclic) bond motifs is 1. The number of nitrogens with one attached hydrogen (secondary N) is 2. The van der Waals surface area contributed by atoms with E-state index in [0.717, 1.165) is 13.1 Å². The fraction of sp³-hybridized carbons (Fsp3) is 0.556. The first-order valence-electron chi connectivity index (χ1n) is 8.66. The molecule has 3 rings (SSSR count). The van der Waals surface area contributed by atoms with Gasteiger partial charge in [-0.2, -0.15) is 0 Å². The number of rotatable bonds is 3. The van der Waals surface area contributed by atoms with E-state index in [-0.39, 0.29) is 23.1 Å². The van der Waals surface area contributed by atoms with E-state index in [4.69, 9.17) is 0 Å². The van der Waals surface area contributed by atoms with Crippen molar-refractivity contribution in [1.82, 2.24) is 19.8 Å². The van der Waals surface area contributed by atoms with Gasteiger partial charge in [0.05, 0.1) is 17.1 Å². The van der Waals surface area contributed by atoms with Crippen LogP contribution >= 0.6 is 0 Å². The standard InChI is InChI=1S/C18H26N4O3/c1-18(2,3)15(23)11-21-6-8-22(9-7-21)16(24)12-4-5-13-14(10-12)20-17(25)19-13/h4-5,10,15,23H,6-9,11H2,1-3H3,(H2,19,20,25). The third kappa shape index (κ3) is 3.93. The van der Waals surface area contributed by atoms with E-state index in [1.54, 1.807) is 18.2 Å². The van der Waals surface area contributed by atoms with Gasteiger partial charge in [0.15, 0.2) is 0 Å². The predicted molar refractivity (Wildman–Crippen MR) is 96.7 cm³/mol. The third-order valence-corrected chi connectivity index (χ3v) is 4.85. The number of aromatic amines is 2. The zero-order chi connectivity index (χ0) is 18.2. The summed E-state index contributed by atoms with van der Waals surface area (Å²) in [5, 5.41) is 10.2. The Morgan fingerprint density at radius 2 is 1.80 bits per heavy atom. The molecular formula is C18H26N4O3. The molecule has 7 heteroatoms. The first-order valence-corrected chi connectivity index (χ1v) is 8.66. The summed E-state index contributed by atoms with van der Waals surface area (Å²) in [5.74, 6) is -0.0278. The van der Waals surface area contributed by atoms with Crippen LogP contribution in [0.1, 0.15) is 31.1 Å². The highest BCUT2D eigenvalue weighted by molar-refractivity contribution is 5.97. The number of hydrogen-bond acceptors (Lipinski definition) is 4. The summed E-state index contributed by atoms with van der Waals surface area (Å²) in [6.07, 6.45) is -0.387. The minimum Gasteiger partial charge on any atom is -0.391 e. The Morgan fingerprint density at radius 1 is 1.16 bits per heavy atom. The summed E-state index contributed by atoms with van der Waals surface area (Å²) in [6, 6.07) is 5.20. The topological polar surface area (TPSA) is 92.4 Å². The van der Waals surface area contributed by atoms with E-state index in [1.807, 2.05) is 25.7 Å². The quantitative estimate of drug-likeness (QED) is 0.774. The van der Waals surface area contributed by atoms with Gasteiger partial charge in [-0.05, 0) is 23.6 Å². The number of nitrogens with zero attached hydrogens (tertiary/aromatic N) is 2. The van der Waals surface area contributed by atoms with Crippen molar-refractivity contribution in [3.05, 3.63) is 34.2 Å². The van der Waals surface area contributed by atoms with Crippen molar-refractivity contribution in [1.29, 1.82) is 0 Å². The summed E-state index contributed by atoms with van der Waals surface area (Å²) in [7, 11) is 0. The molecule has 0 spiro atoms. The second-order valence-electron chi connectivity index (χ2n) is 7.81. The van der Waals surface area contributed by atoms with Gasteiger partial charge >= 0.3 is 5.69 Å². The Kier molecular flexibility index (Phi) is 4.71. The molecule has 7 nitrogen and oxygen atoms in total. The van der Waals surface area contributed by atoms with Gasteiger partial charge in [-0.15, -0.1) is 0 Å². The fourth-order valence-corrected chi connectivity index (χ4v) is 3.00. The Labute approximate surface area is 146 Å². The van der Waals surface area contributed by atoms with E-state index >= 15 is 0 Å². The minimum absolute atomic E-state index is 0.0278.